The fourth-order valence-electron chi connectivity index (χ4n) is 1.27. The van der Waals surface area contributed by atoms with E-state index in [2.05, 4.69) is 10.6 Å². The number of nitrogens with one attached hydrogen (secondary N) is 2. The topological polar surface area (TPSA) is 58.2 Å². The van der Waals surface area contributed by atoms with Crippen LogP contribution in [0.15, 0.2) is 24.3 Å². The molecular formula is C13H14Cl2N2O2. The zero-order valence-electron chi connectivity index (χ0n) is 10.4. The minimum absolute atomic E-state index is 0.124. The molecule has 0 fully saturated rings. The number of benzene rings is 1. The lowest BCUT2D eigenvalue weighted by Gasteiger charge is -2.02. The van der Waals surface area contributed by atoms with Crippen molar-refractivity contribution in [3.63, 3.8) is 0 Å². The van der Waals surface area contributed by atoms with E-state index in [1.807, 2.05) is 0 Å². The van der Waals surface area contributed by atoms with Gasteiger partial charge in [0.05, 0.1) is 10.0 Å². The lowest BCUT2D eigenvalue weighted by atomic mass is 10.2. The van der Waals surface area contributed by atoms with Crippen molar-refractivity contribution in [2.45, 2.75) is 6.92 Å². The van der Waals surface area contributed by atoms with Crippen molar-refractivity contribution in [3.8, 4) is 0 Å². The number of halogens is 2. The molecule has 0 saturated heterocycles. The van der Waals surface area contributed by atoms with Gasteiger partial charge < -0.3 is 10.6 Å². The van der Waals surface area contributed by atoms with Crippen molar-refractivity contribution < 1.29 is 9.59 Å². The second-order valence-electron chi connectivity index (χ2n) is 3.78. The van der Waals surface area contributed by atoms with Crippen LogP contribution < -0.4 is 10.6 Å². The largest absolute Gasteiger partial charge is 0.355 e. The molecule has 6 heteroatoms. The van der Waals surface area contributed by atoms with Gasteiger partial charge in [0.15, 0.2) is 0 Å². The van der Waals surface area contributed by atoms with Crippen molar-refractivity contribution in [3.05, 3.63) is 39.9 Å². The Hall–Kier alpha value is -1.52. The predicted octanol–water partition coefficient (Wildman–Crippen LogP) is 2.26. The SMILES string of the molecule is CC(=O)NCCNC(=O)/C=C/c1ccc(Cl)c(Cl)c1. The first-order chi connectivity index (χ1) is 8.99. The van der Waals surface area contributed by atoms with Crippen molar-refractivity contribution in [1.82, 2.24) is 10.6 Å². The average molecular weight is 301 g/mol. The molecule has 0 heterocycles. The normalized spacial score (nSPS) is 10.5. The summed E-state index contributed by atoms with van der Waals surface area (Å²) in [6.07, 6.45) is 3.03. The van der Waals surface area contributed by atoms with Gasteiger partial charge >= 0.3 is 0 Å². The fourth-order valence-corrected chi connectivity index (χ4v) is 1.58. The van der Waals surface area contributed by atoms with Gasteiger partial charge in [0.1, 0.15) is 0 Å². The maximum Gasteiger partial charge on any atom is 0.244 e. The number of rotatable bonds is 5. The molecule has 1 rings (SSSR count). The number of hydrogen-bond donors (Lipinski definition) is 2. The van der Waals surface area contributed by atoms with E-state index in [4.69, 9.17) is 23.2 Å². The molecule has 4 nitrogen and oxygen atoms in total. The third-order valence-electron chi connectivity index (χ3n) is 2.17. The van der Waals surface area contributed by atoms with E-state index in [-0.39, 0.29) is 11.8 Å². The predicted molar refractivity (Wildman–Crippen MR) is 77.2 cm³/mol. The van der Waals surface area contributed by atoms with E-state index < -0.39 is 0 Å². The van der Waals surface area contributed by atoms with Gasteiger partial charge in [-0.1, -0.05) is 29.3 Å². The van der Waals surface area contributed by atoms with Crippen LogP contribution in [0.25, 0.3) is 6.08 Å². The Balaban J connectivity index is 2.40. The minimum Gasteiger partial charge on any atom is -0.355 e. The van der Waals surface area contributed by atoms with Gasteiger partial charge in [-0.15, -0.1) is 0 Å². The number of carbonyl (C=O) groups excluding carboxylic acids is 2. The highest BCUT2D eigenvalue weighted by atomic mass is 35.5. The highest BCUT2D eigenvalue weighted by Crippen LogP contribution is 2.22. The van der Waals surface area contributed by atoms with E-state index in [0.717, 1.165) is 5.56 Å². The Labute approximate surface area is 121 Å². The Morgan fingerprint density at radius 1 is 1.16 bits per heavy atom. The Bertz CT molecular complexity index is 501. The summed E-state index contributed by atoms with van der Waals surface area (Å²) in [5.41, 5.74) is 0.784. The Kier molecular flexibility index (Phi) is 6.39. The number of carbonyl (C=O) groups is 2. The van der Waals surface area contributed by atoms with Crippen LogP contribution in [0.5, 0.6) is 0 Å². The molecule has 0 aliphatic carbocycles. The van der Waals surface area contributed by atoms with Crippen molar-refractivity contribution >= 4 is 41.1 Å². The Morgan fingerprint density at radius 3 is 2.47 bits per heavy atom. The van der Waals surface area contributed by atoms with Crippen LogP contribution in [0.1, 0.15) is 12.5 Å². The van der Waals surface area contributed by atoms with Crippen LogP contribution >= 0.6 is 23.2 Å². The first-order valence-electron chi connectivity index (χ1n) is 5.64. The molecule has 19 heavy (non-hydrogen) atoms. The molecule has 0 bridgehead atoms. The van der Waals surface area contributed by atoms with E-state index >= 15 is 0 Å². The lowest BCUT2D eigenvalue weighted by Crippen LogP contribution is -2.32. The second-order valence-corrected chi connectivity index (χ2v) is 4.60. The molecule has 0 aliphatic heterocycles. The summed E-state index contributed by atoms with van der Waals surface area (Å²) in [6, 6.07) is 5.10. The molecule has 1 aromatic carbocycles. The molecule has 0 spiro atoms. The van der Waals surface area contributed by atoms with Gasteiger partial charge in [0, 0.05) is 26.1 Å². The van der Waals surface area contributed by atoms with Crippen molar-refractivity contribution in [2.75, 3.05) is 13.1 Å². The van der Waals surface area contributed by atoms with E-state index in [1.165, 1.54) is 13.0 Å². The molecule has 0 atom stereocenters. The molecule has 2 amide bonds. The summed E-state index contributed by atoms with van der Waals surface area (Å²) in [5, 5.41) is 6.12. The van der Waals surface area contributed by atoms with Crippen LogP contribution in [0.2, 0.25) is 10.0 Å². The molecule has 0 aliphatic rings. The number of hydrogen-bond acceptors (Lipinski definition) is 2. The Morgan fingerprint density at radius 2 is 1.84 bits per heavy atom. The van der Waals surface area contributed by atoms with Crippen LogP contribution in [0, 0.1) is 0 Å². The summed E-state index contributed by atoms with van der Waals surface area (Å²) in [7, 11) is 0. The van der Waals surface area contributed by atoms with Crippen LogP contribution in [0.4, 0.5) is 0 Å². The fraction of sp³-hybridized carbons (Fsp3) is 0.231. The van der Waals surface area contributed by atoms with Crippen molar-refractivity contribution in [2.24, 2.45) is 0 Å². The van der Waals surface area contributed by atoms with Crippen LogP contribution in [-0.4, -0.2) is 24.9 Å². The third-order valence-corrected chi connectivity index (χ3v) is 2.91. The average Bonchev–Trinajstić information content (AvgIpc) is 2.36. The summed E-state index contributed by atoms with van der Waals surface area (Å²) < 4.78 is 0. The quantitative estimate of drug-likeness (QED) is 0.647. The first kappa shape index (κ1) is 15.5. The molecule has 102 valence electrons. The molecule has 1 aromatic rings. The summed E-state index contributed by atoms with van der Waals surface area (Å²) in [4.78, 5) is 22.0. The van der Waals surface area contributed by atoms with Gasteiger partial charge in [0.2, 0.25) is 11.8 Å². The first-order valence-corrected chi connectivity index (χ1v) is 6.40. The molecule has 2 N–H and O–H groups in total. The monoisotopic (exact) mass is 300 g/mol. The second kappa shape index (κ2) is 7.81. The third kappa shape index (κ3) is 6.27. The van der Waals surface area contributed by atoms with E-state index in [0.29, 0.717) is 23.1 Å². The highest BCUT2D eigenvalue weighted by Gasteiger charge is 1.98. The molecule has 0 saturated carbocycles. The van der Waals surface area contributed by atoms with Gasteiger partial charge in [0.25, 0.3) is 0 Å². The molecular weight excluding hydrogens is 287 g/mol. The van der Waals surface area contributed by atoms with Gasteiger partial charge in [-0.05, 0) is 23.8 Å². The maximum absolute atomic E-state index is 11.4. The minimum atomic E-state index is -0.239. The maximum atomic E-state index is 11.4. The molecule has 0 unspecified atom stereocenters. The number of amides is 2. The lowest BCUT2D eigenvalue weighted by molar-refractivity contribution is -0.119. The molecule has 0 radical (unpaired) electrons. The summed E-state index contributed by atoms with van der Waals surface area (Å²) in [6.45, 7) is 2.21. The smallest absolute Gasteiger partial charge is 0.244 e. The summed E-state index contributed by atoms with van der Waals surface area (Å²) >= 11 is 11.6. The van der Waals surface area contributed by atoms with E-state index in [1.54, 1.807) is 24.3 Å². The zero-order valence-corrected chi connectivity index (χ0v) is 11.9. The van der Waals surface area contributed by atoms with Gasteiger partial charge in [-0.2, -0.15) is 0 Å². The van der Waals surface area contributed by atoms with Gasteiger partial charge in [-0.25, -0.2) is 0 Å². The molecule has 0 aromatic heterocycles. The van der Waals surface area contributed by atoms with Crippen LogP contribution in [0.3, 0.4) is 0 Å². The van der Waals surface area contributed by atoms with Crippen molar-refractivity contribution in [1.29, 1.82) is 0 Å². The highest BCUT2D eigenvalue weighted by molar-refractivity contribution is 6.42. The zero-order chi connectivity index (χ0) is 14.3. The van der Waals surface area contributed by atoms with Gasteiger partial charge in [-0.3, -0.25) is 9.59 Å². The van der Waals surface area contributed by atoms with E-state index in [9.17, 15) is 9.59 Å². The standard InChI is InChI=1S/C13H14Cl2N2O2/c1-9(18)16-6-7-17-13(19)5-3-10-2-4-11(14)12(15)8-10/h2-5,8H,6-7H2,1H3,(H,16,18)(H,17,19)/b5-3+. The summed E-state index contributed by atoms with van der Waals surface area (Å²) in [5.74, 6) is -0.364. The van der Waals surface area contributed by atoms with Crippen LogP contribution in [-0.2, 0) is 9.59 Å².